The van der Waals surface area contributed by atoms with Crippen LogP contribution in [0, 0.1) is 11.8 Å². The van der Waals surface area contributed by atoms with Crippen LogP contribution in [0.1, 0.15) is 87.2 Å². The number of carbonyl (C=O) groups is 1. The van der Waals surface area contributed by atoms with Gasteiger partial charge in [-0.3, -0.25) is 9.69 Å². The number of hydrogen-bond acceptors (Lipinski definition) is 4. The fraction of sp³-hybridized carbons (Fsp3) is 0.654. The molecule has 6 rings (SSSR count). The molecule has 1 aromatic heterocycles. The first kappa shape index (κ1) is 20.4. The Balaban J connectivity index is 1.35. The van der Waals surface area contributed by atoms with E-state index < -0.39 is 11.5 Å². The van der Waals surface area contributed by atoms with Crippen molar-refractivity contribution in [2.75, 3.05) is 0 Å². The molecule has 6 nitrogen and oxygen atoms in total. The summed E-state index contributed by atoms with van der Waals surface area (Å²) in [5.41, 5.74) is 0.569. The van der Waals surface area contributed by atoms with E-state index in [1.165, 1.54) is 57.8 Å². The average molecular weight is 436 g/mol. The minimum atomic E-state index is -1.24. The molecule has 4 fully saturated rings. The van der Waals surface area contributed by atoms with E-state index in [2.05, 4.69) is 9.88 Å². The van der Waals surface area contributed by atoms with E-state index in [4.69, 9.17) is 0 Å². The number of carboxylic acids is 1. The van der Waals surface area contributed by atoms with Crippen molar-refractivity contribution in [3.63, 3.8) is 0 Å². The van der Waals surface area contributed by atoms with Crippen LogP contribution in [0.5, 0.6) is 0 Å². The number of aromatic nitrogens is 2. The van der Waals surface area contributed by atoms with Gasteiger partial charge in [0.25, 0.3) is 5.56 Å². The van der Waals surface area contributed by atoms with Crippen molar-refractivity contribution < 1.29 is 9.90 Å². The van der Waals surface area contributed by atoms with Crippen molar-refractivity contribution >= 4 is 17.0 Å². The molecule has 0 radical (unpaired) electrons. The number of rotatable bonds is 3. The van der Waals surface area contributed by atoms with Gasteiger partial charge >= 0.3 is 5.97 Å². The molecular formula is C26H33N3O3. The number of para-hydroxylation sites is 2. The van der Waals surface area contributed by atoms with Gasteiger partial charge < -0.3 is 9.67 Å². The maximum Gasteiger partial charge on any atom is 0.360 e. The number of hydrogen-bond donors (Lipinski definition) is 1. The van der Waals surface area contributed by atoms with Gasteiger partial charge in [-0.25, -0.2) is 9.78 Å². The summed E-state index contributed by atoms with van der Waals surface area (Å²) in [5, 5.41) is 9.62. The van der Waals surface area contributed by atoms with Crippen molar-refractivity contribution in [1.29, 1.82) is 0 Å². The Kier molecular flexibility index (Phi) is 5.09. The van der Waals surface area contributed by atoms with Crippen LogP contribution in [0.25, 0.3) is 11.0 Å². The second-order valence-electron chi connectivity index (χ2n) is 10.8. The Morgan fingerprint density at radius 1 is 0.844 bits per heavy atom. The van der Waals surface area contributed by atoms with E-state index in [1.54, 1.807) is 4.57 Å². The molecule has 4 aliphatic rings. The minimum absolute atomic E-state index is 0.0446. The lowest BCUT2D eigenvalue weighted by Gasteiger charge is -2.55. The highest BCUT2D eigenvalue weighted by Gasteiger charge is 2.45. The number of aromatic carboxylic acids is 1. The monoisotopic (exact) mass is 435 g/mol. The van der Waals surface area contributed by atoms with Crippen LogP contribution in [0.4, 0.5) is 0 Å². The molecule has 5 atom stereocenters. The third-order valence-electron chi connectivity index (χ3n) is 8.89. The summed E-state index contributed by atoms with van der Waals surface area (Å²) in [6.07, 6.45) is 13.9. The topological polar surface area (TPSA) is 75.4 Å². The molecule has 6 heteroatoms. The van der Waals surface area contributed by atoms with Crippen LogP contribution >= 0.6 is 0 Å². The zero-order chi connectivity index (χ0) is 21.8. The smallest absolute Gasteiger partial charge is 0.360 e. The van der Waals surface area contributed by atoms with Gasteiger partial charge in [-0.1, -0.05) is 37.8 Å². The lowest BCUT2D eigenvalue weighted by molar-refractivity contribution is -0.0486. The summed E-state index contributed by atoms with van der Waals surface area (Å²) in [4.78, 5) is 32.1. The van der Waals surface area contributed by atoms with Gasteiger partial charge in [0.2, 0.25) is 5.69 Å². The van der Waals surface area contributed by atoms with E-state index in [0.717, 1.165) is 30.2 Å². The SMILES string of the molecule is O=C(O)c1nc2ccccc2n(C2C[C@H]3CCC[C@@H](C2)N3C2C[C@H]3CCC[C@H](C2)C3)c1=O. The Morgan fingerprint density at radius 2 is 1.50 bits per heavy atom. The fourth-order valence-corrected chi connectivity index (χ4v) is 7.79. The standard InChI is InChI=1S/C26H33N3O3/c30-25-24(26(31)32)27-22-9-1-2-10-23(22)29(25)21-14-18-7-4-8-19(15-21)28(18)20-12-16-5-3-6-17(11-16)13-20/h1-2,9-10,16-21H,3-8,11-15H2,(H,31,32)/t16-,17-,18-,19+,21?/m0/s1. The predicted octanol–water partition coefficient (Wildman–Crippen LogP) is 4.62. The summed E-state index contributed by atoms with van der Waals surface area (Å²) >= 11 is 0. The molecule has 1 N–H and O–H groups in total. The van der Waals surface area contributed by atoms with Crippen LogP contribution in [-0.2, 0) is 0 Å². The maximum absolute atomic E-state index is 13.3. The lowest BCUT2D eigenvalue weighted by atomic mass is 9.68. The summed E-state index contributed by atoms with van der Waals surface area (Å²) in [5.74, 6) is 0.590. The molecule has 2 saturated heterocycles. The van der Waals surface area contributed by atoms with Crippen molar-refractivity contribution in [3.05, 3.63) is 40.3 Å². The van der Waals surface area contributed by atoms with Gasteiger partial charge in [0.15, 0.2) is 0 Å². The first-order chi connectivity index (χ1) is 15.6. The first-order valence-corrected chi connectivity index (χ1v) is 12.6. The van der Waals surface area contributed by atoms with Gasteiger partial charge in [0.1, 0.15) is 0 Å². The number of carboxylic acid groups (broad SMARTS) is 1. The van der Waals surface area contributed by atoms with Gasteiger partial charge in [-0.15, -0.1) is 0 Å². The first-order valence-electron chi connectivity index (χ1n) is 12.6. The number of nitrogens with zero attached hydrogens (tertiary/aromatic N) is 3. The molecular weight excluding hydrogens is 402 g/mol. The van der Waals surface area contributed by atoms with E-state index >= 15 is 0 Å². The summed E-state index contributed by atoms with van der Waals surface area (Å²) in [6.45, 7) is 0. The van der Waals surface area contributed by atoms with Crippen LogP contribution in [-0.4, -0.2) is 43.7 Å². The Bertz CT molecular complexity index is 1070. The van der Waals surface area contributed by atoms with Gasteiger partial charge in [-0.2, -0.15) is 0 Å². The van der Waals surface area contributed by atoms with Crippen LogP contribution in [0.3, 0.4) is 0 Å². The number of fused-ring (bicyclic) bond motifs is 5. The van der Waals surface area contributed by atoms with Crippen molar-refractivity contribution in [1.82, 2.24) is 14.5 Å². The normalized spacial score (nSPS) is 35.0. The number of benzene rings is 1. The molecule has 1 aromatic carbocycles. The highest BCUT2D eigenvalue weighted by molar-refractivity contribution is 5.88. The quantitative estimate of drug-likeness (QED) is 0.761. The second-order valence-corrected chi connectivity index (χ2v) is 10.8. The summed E-state index contributed by atoms with van der Waals surface area (Å²) in [7, 11) is 0. The lowest BCUT2D eigenvalue weighted by Crippen LogP contribution is -2.58. The Labute approximate surface area is 188 Å². The predicted molar refractivity (Wildman–Crippen MR) is 123 cm³/mol. The molecule has 1 unspecified atom stereocenters. The largest absolute Gasteiger partial charge is 0.476 e. The molecule has 0 amide bonds. The van der Waals surface area contributed by atoms with Crippen LogP contribution in [0.15, 0.2) is 29.1 Å². The second kappa shape index (κ2) is 7.98. The van der Waals surface area contributed by atoms with Gasteiger partial charge in [-0.05, 0) is 68.9 Å². The Morgan fingerprint density at radius 3 is 2.19 bits per heavy atom. The molecule has 0 spiro atoms. The number of piperidine rings is 2. The highest BCUT2D eigenvalue weighted by atomic mass is 16.4. The van der Waals surface area contributed by atoms with Crippen LogP contribution in [0.2, 0.25) is 0 Å². The molecule has 2 aromatic rings. The third-order valence-corrected chi connectivity index (χ3v) is 8.89. The van der Waals surface area contributed by atoms with Gasteiger partial charge in [0, 0.05) is 24.2 Å². The highest BCUT2D eigenvalue weighted by Crippen LogP contribution is 2.47. The molecule has 3 heterocycles. The summed E-state index contributed by atoms with van der Waals surface area (Å²) < 4.78 is 1.78. The van der Waals surface area contributed by atoms with Crippen molar-refractivity contribution in [3.8, 4) is 0 Å². The molecule has 2 saturated carbocycles. The fourth-order valence-electron chi connectivity index (χ4n) is 7.79. The van der Waals surface area contributed by atoms with E-state index in [0.29, 0.717) is 23.6 Å². The summed E-state index contributed by atoms with van der Waals surface area (Å²) in [6, 6.07) is 9.25. The van der Waals surface area contributed by atoms with Crippen molar-refractivity contribution in [2.45, 2.75) is 94.8 Å². The zero-order valence-corrected chi connectivity index (χ0v) is 18.7. The van der Waals surface area contributed by atoms with E-state index in [-0.39, 0.29) is 11.7 Å². The molecule has 32 heavy (non-hydrogen) atoms. The molecule has 2 aliphatic heterocycles. The van der Waals surface area contributed by atoms with E-state index in [9.17, 15) is 14.7 Å². The Hall–Kier alpha value is -2.21. The molecule has 4 bridgehead atoms. The molecule has 2 aliphatic carbocycles. The third kappa shape index (κ3) is 3.38. The average Bonchev–Trinajstić information content (AvgIpc) is 2.77. The van der Waals surface area contributed by atoms with Gasteiger partial charge in [0.05, 0.1) is 11.0 Å². The van der Waals surface area contributed by atoms with E-state index in [1.807, 2.05) is 24.3 Å². The zero-order valence-electron chi connectivity index (χ0n) is 18.7. The molecule has 170 valence electrons. The maximum atomic E-state index is 13.3. The minimum Gasteiger partial charge on any atom is -0.476 e. The van der Waals surface area contributed by atoms with Crippen molar-refractivity contribution in [2.24, 2.45) is 11.8 Å². The van der Waals surface area contributed by atoms with Crippen LogP contribution < -0.4 is 5.56 Å².